The molecule has 0 saturated carbocycles. The second-order valence-electron chi connectivity index (χ2n) is 6.66. The minimum absolute atomic E-state index is 0.0207. The van der Waals surface area contributed by atoms with Gasteiger partial charge in [0.05, 0.1) is 23.9 Å². The van der Waals surface area contributed by atoms with E-state index in [2.05, 4.69) is 0 Å². The van der Waals surface area contributed by atoms with Crippen molar-refractivity contribution in [3.05, 3.63) is 67.2 Å². The van der Waals surface area contributed by atoms with E-state index in [4.69, 9.17) is 9.15 Å². The number of hydrogen-bond acceptors (Lipinski definition) is 6. The van der Waals surface area contributed by atoms with E-state index in [1.54, 1.807) is 29.8 Å². The summed E-state index contributed by atoms with van der Waals surface area (Å²) < 4.78 is 14.0. The van der Waals surface area contributed by atoms with Gasteiger partial charge in [0.2, 0.25) is 5.71 Å². The van der Waals surface area contributed by atoms with Crippen molar-refractivity contribution in [2.45, 2.75) is 0 Å². The molecule has 9 heteroatoms. The van der Waals surface area contributed by atoms with Crippen LogP contribution in [0.5, 0.6) is 0 Å². The van der Waals surface area contributed by atoms with Crippen molar-refractivity contribution < 1.29 is 13.9 Å². The minimum atomic E-state index is -0.781. The van der Waals surface area contributed by atoms with Gasteiger partial charge in [-0.3, -0.25) is 13.9 Å². The summed E-state index contributed by atoms with van der Waals surface area (Å²) in [6.45, 7) is 0. The van der Waals surface area contributed by atoms with Crippen LogP contribution in [-0.4, -0.2) is 26.8 Å². The maximum Gasteiger partial charge on any atom is 0.347 e. The molecule has 3 aromatic heterocycles. The third-order valence-electron chi connectivity index (χ3n) is 5.09. The molecule has 29 heavy (non-hydrogen) atoms. The number of fused-ring (bicyclic) bond motifs is 2. The zero-order valence-corrected chi connectivity index (χ0v) is 16.2. The summed E-state index contributed by atoms with van der Waals surface area (Å²) in [6, 6.07) is 8.48. The first kappa shape index (κ1) is 18.5. The highest BCUT2D eigenvalue weighted by Gasteiger charge is 2.26. The highest BCUT2D eigenvalue weighted by Crippen LogP contribution is 2.32. The van der Waals surface area contributed by atoms with E-state index in [1.165, 1.54) is 27.3 Å². The molecule has 4 rings (SSSR count). The Kier molecular flexibility index (Phi) is 4.04. The molecule has 0 spiro atoms. The third kappa shape index (κ3) is 2.47. The topological polar surface area (TPSA) is 105 Å². The van der Waals surface area contributed by atoms with Crippen molar-refractivity contribution in [2.75, 3.05) is 7.11 Å². The Morgan fingerprint density at radius 2 is 1.66 bits per heavy atom. The SMILES string of the molecule is COC(=O)c1c(-c2cc3c(=O)n(C)c(=O)n(C)c3oc2=O)n(C)c2ccccc12. The summed E-state index contributed by atoms with van der Waals surface area (Å²) in [4.78, 5) is 50.1. The maximum atomic E-state index is 12.8. The lowest BCUT2D eigenvalue weighted by Gasteiger charge is -2.09. The smallest absolute Gasteiger partial charge is 0.347 e. The van der Waals surface area contributed by atoms with Gasteiger partial charge in [0, 0.05) is 32.0 Å². The van der Waals surface area contributed by atoms with Crippen LogP contribution in [-0.2, 0) is 25.9 Å². The van der Waals surface area contributed by atoms with E-state index in [-0.39, 0.29) is 27.9 Å². The number of benzene rings is 1. The van der Waals surface area contributed by atoms with Gasteiger partial charge in [-0.2, -0.15) is 0 Å². The van der Waals surface area contributed by atoms with Crippen LogP contribution in [0.25, 0.3) is 33.3 Å². The van der Waals surface area contributed by atoms with Crippen molar-refractivity contribution in [1.29, 1.82) is 0 Å². The van der Waals surface area contributed by atoms with Crippen LogP contribution in [0.15, 0.2) is 49.1 Å². The fraction of sp³-hybridized carbons (Fsp3) is 0.200. The van der Waals surface area contributed by atoms with E-state index in [0.717, 1.165) is 9.13 Å². The molecule has 0 amide bonds. The van der Waals surface area contributed by atoms with Gasteiger partial charge < -0.3 is 13.7 Å². The van der Waals surface area contributed by atoms with E-state index < -0.39 is 22.8 Å². The Morgan fingerprint density at radius 3 is 2.34 bits per heavy atom. The van der Waals surface area contributed by atoms with Gasteiger partial charge in [0.25, 0.3) is 5.56 Å². The monoisotopic (exact) mass is 395 g/mol. The van der Waals surface area contributed by atoms with Crippen molar-refractivity contribution in [3.8, 4) is 11.3 Å². The second-order valence-corrected chi connectivity index (χ2v) is 6.66. The molecule has 0 N–H and O–H groups in total. The first-order chi connectivity index (χ1) is 13.8. The second kappa shape index (κ2) is 6.33. The van der Waals surface area contributed by atoms with Crippen LogP contribution in [0.2, 0.25) is 0 Å². The van der Waals surface area contributed by atoms with Crippen LogP contribution in [0.3, 0.4) is 0 Å². The molecule has 0 bridgehead atoms. The van der Waals surface area contributed by atoms with Crippen LogP contribution < -0.4 is 16.9 Å². The summed E-state index contributed by atoms with van der Waals surface area (Å²) in [5, 5.41) is 0.648. The number of rotatable bonds is 2. The number of carbonyl (C=O) groups is 1. The van der Waals surface area contributed by atoms with Gasteiger partial charge in [-0.15, -0.1) is 0 Å². The molecule has 4 aromatic rings. The molecule has 0 aliphatic heterocycles. The number of aromatic nitrogens is 3. The molecule has 0 unspecified atom stereocenters. The fourth-order valence-electron chi connectivity index (χ4n) is 3.63. The quantitative estimate of drug-likeness (QED) is 0.471. The molecule has 0 saturated heterocycles. The summed E-state index contributed by atoms with van der Waals surface area (Å²) in [5.74, 6) is -0.621. The summed E-state index contributed by atoms with van der Waals surface area (Å²) in [6.07, 6.45) is 0. The highest BCUT2D eigenvalue weighted by atomic mass is 16.5. The molecule has 1 aromatic carbocycles. The number of methoxy groups -OCH3 is 1. The average Bonchev–Trinajstić information content (AvgIpc) is 3.02. The van der Waals surface area contributed by atoms with Crippen molar-refractivity contribution in [2.24, 2.45) is 21.1 Å². The number of aryl methyl sites for hydroxylation is 2. The lowest BCUT2D eigenvalue weighted by Crippen LogP contribution is -2.37. The predicted molar refractivity (Wildman–Crippen MR) is 106 cm³/mol. The molecule has 3 heterocycles. The molecular formula is C20H17N3O6. The van der Waals surface area contributed by atoms with Crippen molar-refractivity contribution in [3.63, 3.8) is 0 Å². The molecule has 148 valence electrons. The van der Waals surface area contributed by atoms with Gasteiger partial charge in [-0.05, 0) is 12.1 Å². The normalized spacial score (nSPS) is 11.3. The Bertz CT molecular complexity index is 1500. The number of para-hydroxylation sites is 1. The lowest BCUT2D eigenvalue weighted by molar-refractivity contribution is 0.0603. The molecule has 0 aliphatic rings. The predicted octanol–water partition coefficient (Wildman–Crippen LogP) is 1.14. The third-order valence-corrected chi connectivity index (χ3v) is 5.09. The van der Waals surface area contributed by atoms with Crippen molar-refractivity contribution in [1.82, 2.24) is 13.7 Å². The Hall–Kier alpha value is -3.88. The first-order valence-corrected chi connectivity index (χ1v) is 8.68. The van der Waals surface area contributed by atoms with Crippen LogP contribution in [0.1, 0.15) is 10.4 Å². The zero-order valence-electron chi connectivity index (χ0n) is 16.2. The average molecular weight is 395 g/mol. The summed E-state index contributed by atoms with van der Waals surface area (Å²) in [7, 11) is 5.70. The molecule has 0 aliphatic carbocycles. The van der Waals surface area contributed by atoms with Gasteiger partial charge in [0.1, 0.15) is 5.39 Å². The van der Waals surface area contributed by atoms with Crippen molar-refractivity contribution >= 4 is 28.0 Å². The largest absolute Gasteiger partial charge is 0.465 e. The number of ether oxygens (including phenoxy) is 1. The van der Waals surface area contributed by atoms with Gasteiger partial charge in [-0.25, -0.2) is 14.4 Å². The fourth-order valence-corrected chi connectivity index (χ4v) is 3.63. The lowest BCUT2D eigenvalue weighted by atomic mass is 10.1. The number of hydrogen-bond donors (Lipinski definition) is 0. The number of nitrogens with zero attached hydrogens (tertiary/aromatic N) is 3. The zero-order chi connectivity index (χ0) is 21.0. The molecule has 0 fully saturated rings. The van der Waals surface area contributed by atoms with Gasteiger partial charge in [0.15, 0.2) is 0 Å². The first-order valence-electron chi connectivity index (χ1n) is 8.68. The molecule has 0 atom stereocenters. The van der Waals surface area contributed by atoms with Gasteiger partial charge in [-0.1, -0.05) is 18.2 Å². The van der Waals surface area contributed by atoms with E-state index in [0.29, 0.717) is 10.9 Å². The Morgan fingerprint density at radius 1 is 0.966 bits per heavy atom. The Balaban J connectivity index is 2.21. The van der Waals surface area contributed by atoms with Crippen LogP contribution >= 0.6 is 0 Å². The van der Waals surface area contributed by atoms with E-state index >= 15 is 0 Å². The standard InChI is InChI=1S/C20H17N3O6/c1-21-13-8-6-5-7-10(13)14(19(26)28-4)15(21)11-9-12-16(24)22(2)20(27)23(3)17(12)29-18(11)25/h5-9H,1-4H3. The Labute approximate surface area is 163 Å². The number of carbonyl (C=O) groups excluding carboxylic acids is 1. The molecule has 9 nitrogen and oxygen atoms in total. The molecular weight excluding hydrogens is 378 g/mol. The highest BCUT2D eigenvalue weighted by molar-refractivity contribution is 6.10. The maximum absolute atomic E-state index is 12.8. The van der Waals surface area contributed by atoms with E-state index in [9.17, 15) is 19.2 Å². The van der Waals surface area contributed by atoms with Crippen LogP contribution in [0, 0.1) is 0 Å². The van der Waals surface area contributed by atoms with Crippen LogP contribution in [0.4, 0.5) is 0 Å². The van der Waals surface area contributed by atoms with E-state index in [1.807, 2.05) is 6.07 Å². The number of esters is 1. The van der Waals surface area contributed by atoms with Gasteiger partial charge >= 0.3 is 17.3 Å². The summed E-state index contributed by atoms with van der Waals surface area (Å²) >= 11 is 0. The molecule has 0 radical (unpaired) electrons. The minimum Gasteiger partial charge on any atom is -0.465 e. The summed E-state index contributed by atoms with van der Waals surface area (Å²) in [5.41, 5.74) is -0.946.